The van der Waals surface area contributed by atoms with Crippen LogP contribution in [0.3, 0.4) is 0 Å². The average molecular weight is 228 g/mol. The molecule has 0 heterocycles. The Labute approximate surface area is 101 Å². The van der Waals surface area contributed by atoms with Gasteiger partial charge in [0.05, 0.1) is 0 Å². The zero-order valence-electron chi connectivity index (χ0n) is 10.2. The third kappa shape index (κ3) is 1.59. The SMILES string of the molecule is CC(=O)OC1=CC(C)C2CCc3cccc1c32. The van der Waals surface area contributed by atoms with Crippen molar-refractivity contribution in [2.24, 2.45) is 5.92 Å². The molecule has 0 spiro atoms. The molecule has 0 aliphatic heterocycles. The van der Waals surface area contributed by atoms with Crippen LogP contribution in [0.15, 0.2) is 24.3 Å². The normalized spacial score (nSPS) is 25.2. The van der Waals surface area contributed by atoms with E-state index >= 15 is 0 Å². The van der Waals surface area contributed by atoms with Gasteiger partial charge in [0, 0.05) is 12.5 Å². The van der Waals surface area contributed by atoms with Crippen LogP contribution in [0.4, 0.5) is 0 Å². The predicted molar refractivity (Wildman–Crippen MR) is 66.4 cm³/mol. The van der Waals surface area contributed by atoms with E-state index in [0.717, 1.165) is 17.7 Å². The zero-order valence-corrected chi connectivity index (χ0v) is 10.2. The summed E-state index contributed by atoms with van der Waals surface area (Å²) in [5.74, 6) is 1.58. The minimum Gasteiger partial charge on any atom is -0.426 e. The predicted octanol–water partition coefficient (Wildman–Crippen LogP) is 3.27. The summed E-state index contributed by atoms with van der Waals surface area (Å²) in [6.07, 6.45) is 4.47. The summed E-state index contributed by atoms with van der Waals surface area (Å²) in [7, 11) is 0. The number of hydrogen-bond acceptors (Lipinski definition) is 2. The van der Waals surface area contributed by atoms with Crippen LogP contribution < -0.4 is 0 Å². The van der Waals surface area contributed by atoms with Gasteiger partial charge in [-0.1, -0.05) is 25.1 Å². The Morgan fingerprint density at radius 1 is 1.41 bits per heavy atom. The van der Waals surface area contributed by atoms with Gasteiger partial charge in [-0.25, -0.2) is 0 Å². The molecule has 17 heavy (non-hydrogen) atoms. The first-order valence-corrected chi connectivity index (χ1v) is 6.19. The molecule has 0 fully saturated rings. The number of carbonyl (C=O) groups excluding carboxylic acids is 1. The molecule has 2 unspecified atom stereocenters. The van der Waals surface area contributed by atoms with E-state index in [1.807, 2.05) is 0 Å². The molecule has 0 N–H and O–H groups in total. The molecule has 0 aromatic heterocycles. The van der Waals surface area contributed by atoms with E-state index in [2.05, 4.69) is 31.2 Å². The fraction of sp³-hybridized carbons (Fsp3) is 0.400. The third-order valence-corrected chi connectivity index (χ3v) is 3.86. The van der Waals surface area contributed by atoms with Crippen molar-refractivity contribution in [2.45, 2.75) is 32.6 Å². The number of hydrogen-bond donors (Lipinski definition) is 0. The molecule has 2 nitrogen and oxygen atoms in total. The van der Waals surface area contributed by atoms with E-state index in [0.29, 0.717) is 11.8 Å². The second kappa shape index (κ2) is 3.73. The Hall–Kier alpha value is -1.57. The van der Waals surface area contributed by atoms with Crippen LogP contribution in [-0.2, 0) is 16.0 Å². The number of esters is 1. The van der Waals surface area contributed by atoms with Crippen LogP contribution in [0.25, 0.3) is 5.76 Å². The third-order valence-electron chi connectivity index (χ3n) is 3.86. The smallest absolute Gasteiger partial charge is 0.308 e. The molecule has 0 radical (unpaired) electrons. The van der Waals surface area contributed by atoms with E-state index in [1.165, 1.54) is 24.5 Å². The standard InChI is InChI=1S/C15H16O2/c1-9-8-14(17-10(2)16)13-5-3-4-11-6-7-12(9)15(11)13/h3-5,8-9,12H,6-7H2,1-2H3. The maximum atomic E-state index is 11.1. The lowest BCUT2D eigenvalue weighted by molar-refractivity contribution is -0.134. The largest absolute Gasteiger partial charge is 0.426 e. The molecular weight excluding hydrogens is 212 g/mol. The number of aryl methyl sites for hydroxylation is 1. The first-order valence-electron chi connectivity index (χ1n) is 6.19. The van der Waals surface area contributed by atoms with Crippen molar-refractivity contribution < 1.29 is 9.53 Å². The number of rotatable bonds is 1. The summed E-state index contributed by atoms with van der Waals surface area (Å²) in [4.78, 5) is 11.1. The first kappa shape index (κ1) is 10.6. The Balaban J connectivity index is 2.13. The number of ether oxygens (including phenoxy) is 1. The highest BCUT2D eigenvalue weighted by molar-refractivity contribution is 5.79. The maximum Gasteiger partial charge on any atom is 0.308 e. The van der Waals surface area contributed by atoms with Crippen LogP contribution in [0.1, 0.15) is 42.9 Å². The minimum atomic E-state index is -0.238. The van der Waals surface area contributed by atoms with Crippen molar-refractivity contribution in [2.75, 3.05) is 0 Å². The Bertz CT molecular complexity index is 514. The number of carbonyl (C=O) groups is 1. The summed E-state index contributed by atoms with van der Waals surface area (Å²) >= 11 is 0. The summed E-state index contributed by atoms with van der Waals surface area (Å²) in [5.41, 5.74) is 3.97. The topological polar surface area (TPSA) is 26.3 Å². The van der Waals surface area contributed by atoms with Crippen molar-refractivity contribution in [3.8, 4) is 0 Å². The summed E-state index contributed by atoms with van der Waals surface area (Å²) in [5, 5.41) is 0. The number of benzene rings is 1. The highest BCUT2D eigenvalue weighted by Crippen LogP contribution is 2.46. The Morgan fingerprint density at radius 3 is 3.00 bits per heavy atom. The Kier molecular flexibility index (Phi) is 2.32. The summed E-state index contributed by atoms with van der Waals surface area (Å²) < 4.78 is 5.34. The van der Waals surface area contributed by atoms with E-state index in [-0.39, 0.29) is 5.97 Å². The van der Waals surface area contributed by atoms with Gasteiger partial charge in [0.15, 0.2) is 0 Å². The summed E-state index contributed by atoms with van der Waals surface area (Å²) in [6.45, 7) is 3.67. The molecule has 2 atom stereocenters. The second-order valence-electron chi connectivity index (χ2n) is 5.01. The van der Waals surface area contributed by atoms with Crippen LogP contribution >= 0.6 is 0 Å². The van der Waals surface area contributed by atoms with Crippen molar-refractivity contribution in [3.05, 3.63) is 41.0 Å². The van der Waals surface area contributed by atoms with Crippen LogP contribution in [0.2, 0.25) is 0 Å². The van der Waals surface area contributed by atoms with E-state index in [9.17, 15) is 4.79 Å². The van der Waals surface area contributed by atoms with Gasteiger partial charge in [0.2, 0.25) is 0 Å². The van der Waals surface area contributed by atoms with Gasteiger partial charge in [-0.05, 0) is 41.9 Å². The molecular formula is C15H16O2. The number of allylic oxidation sites excluding steroid dienone is 1. The molecule has 0 bridgehead atoms. The average Bonchev–Trinajstić information content (AvgIpc) is 2.70. The lowest BCUT2D eigenvalue weighted by Crippen LogP contribution is -2.14. The van der Waals surface area contributed by atoms with Crippen molar-refractivity contribution in [1.82, 2.24) is 0 Å². The van der Waals surface area contributed by atoms with Crippen molar-refractivity contribution >= 4 is 11.7 Å². The van der Waals surface area contributed by atoms with Crippen LogP contribution in [0.5, 0.6) is 0 Å². The highest BCUT2D eigenvalue weighted by atomic mass is 16.5. The fourth-order valence-corrected chi connectivity index (χ4v) is 3.15. The first-order chi connectivity index (χ1) is 8.16. The van der Waals surface area contributed by atoms with E-state index in [4.69, 9.17) is 4.74 Å². The van der Waals surface area contributed by atoms with Gasteiger partial charge in [-0.15, -0.1) is 0 Å². The quantitative estimate of drug-likeness (QED) is 0.689. The maximum absolute atomic E-state index is 11.1. The monoisotopic (exact) mass is 228 g/mol. The van der Waals surface area contributed by atoms with Gasteiger partial charge in [0.25, 0.3) is 0 Å². The molecule has 3 rings (SSSR count). The van der Waals surface area contributed by atoms with Crippen LogP contribution in [0, 0.1) is 5.92 Å². The van der Waals surface area contributed by atoms with Gasteiger partial charge in [-0.2, -0.15) is 0 Å². The van der Waals surface area contributed by atoms with Gasteiger partial charge in [0.1, 0.15) is 5.76 Å². The Morgan fingerprint density at radius 2 is 2.24 bits per heavy atom. The molecule has 0 saturated carbocycles. The molecule has 1 aromatic carbocycles. The minimum absolute atomic E-state index is 0.238. The zero-order chi connectivity index (χ0) is 12.0. The molecule has 0 amide bonds. The lowest BCUT2D eigenvalue weighted by atomic mass is 9.81. The molecule has 2 heteroatoms. The fourth-order valence-electron chi connectivity index (χ4n) is 3.15. The van der Waals surface area contributed by atoms with Gasteiger partial charge in [-0.3, -0.25) is 4.79 Å². The molecule has 2 aliphatic carbocycles. The summed E-state index contributed by atoms with van der Waals surface area (Å²) in [6, 6.07) is 6.32. The van der Waals surface area contributed by atoms with Gasteiger partial charge >= 0.3 is 5.97 Å². The molecule has 0 saturated heterocycles. The molecule has 2 aliphatic rings. The van der Waals surface area contributed by atoms with E-state index < -0.39 is 0 Å². The molecule has 1 aromatic rings. The van der Waals surface area contributed by atoms with Crippen LogP contribution in [-0.4, -0.2) is 5.97 Å². The second-order valence-corrected chi connectivity index (χ2v) is 5.01. The van der Waals surface area contributed by atoms with Crippen molar-refractivity contribution in [1.29, 1.82) is 0 Å². The van der Waals surface area contributed by atoms with Gasteiger partial charge < -0.3 is 4.74 Å². The van der Waals surface area contributed by atoms with Crippen molar-refractivity contribution in [3.63, 3.8) is 0 Å². The highest BCUT2D eigenvalue weighted by Gasteiger charge is 2.33. The van der Waals surface area contributed by atoms with E-state index in [1.54, 1.807) is 0 Å². The molecule has 88 valence electrons. The lowest BCUT2D eigenvalue weighted by Gasteiger charge is -2.26.